The summed E-state index contributed by atoms with van der Waals surface area (Å²) in [4.78, 5) is 0. The maximum Gasteiger partial charge on any atom is 0.119 e. The molecule has 1 nitrogen and oxygen atoms in total. The summed E-state index contributed by atoms with van der Waals surface area (Å²) in [7, 11) is 0. The van der Waals surface area contributed by atoms with Crippen molar-refractivity contribution in [1.29, 1.82) is 0 Å². The van der Waals surface area contributed by atoms with Crippen LogP contribution in [0.25, 0.3) is 6.08 Å². The lowest BCUT2D eigenvalue weighted by Crippen LogP contribution is -2.00. The first-order valence-electron chi connectivity index (χ1n) is 10.1. The van der Waals surface area contributed by atoms with Gasteiger partial charge in [0.2, 0.25) is 0 Å². The fourth-order valence-electron chi connectivity index (χ4n) is 3.13. The average Bonchev–Trinajstić information content (AvgIpc) is 2.60. The van der Waals surface area contributed by atoms with Gasteiger partial charge in [-0.1, -0.05) is 75.2 Å². The molecule has 1 heteroatoms. The van der Waals surface area contributed by atoms with Gasteiger partial charge in [-0.3, -0.25) is 0 Å². The zero-order valence-corrected chi connectivity index (χ0v) is 16.9. The van der Waals surface area contributed by atoms with Crippen LogP contribution in [0.5, 0.6) is 5.75 Å². The van der Waals surface area contributed by atoms with E-state index in [0.717, 1.165) is 44.5 Å². The van der Waals surface area contributed by atoms with Gasteiger partial charge >= 0.3 is 0 Å². The van der Waals surface area contributed by atoms with Crippen LogP contribution in [0.2, 0.25) is 0 Å². The predicted molar refractivity (Wildman–Crippen MR) is 114 cm³/mol. The van der Waals surface area contributed by atoms with Crippen molar-refractivity contribution in [2.75, 3.05) is 6.61 Å². The minimum Gasteiger partial charge on any atom is -0.494 e. The highest BCUT2D eigenvalue weighted by Crippen LogP contribution is 2.19. The summed E-state index contributed by atoms with van der Waals surface area (Å²) in [6, 6.07) is 15.3. The van der Waals surface area contributed by atoms with Gasteiger partial charge in [-0.2, -0.15) is 0 Å². The number of hydrogen-bond donors (Lipinski definition) is 0. The number of rotatable bonds is 10. The second kappa shape index (κ2) is 10.9. The predicted octanol–water partition coefficient (Wildman–Crippen LogP) is 7.02. The molecule has 140 valence electrons. The summed E-state index contributed by atoms with van der Waals surface area (Å²) in [6.45, 7) is 9.76. The fraction of sp³-hybridized carbons (Fsp3) is 0.440. The van der Waals surface area contributed by atoms with E-state index >= 15 is 0 Å². The summed E-state index contributed by atoms with van der Waals surface area (Å²) >= 11 is 0. The summed E-state index contributed by atoms with van der Waals surface area (Å²) in [5, 5.41) is 0. The first-order chi connectivity index (χ1) is 12.6. The van der Waals surface area contributed by atoms with E-state index in [0.29, 0.717) is 5.92 Å². The number of unbranched alkanes of at least 4 members (excludes halogenated alkanes) is 1. The van der Waals surface area contributed by atoms with Gasteiger partial charge in [-0.15, -0.1) is 0 Å². The van der Waals surface area contributed by atoms with Crippen LogP contribution in [0.1, 0.15) is 62.3 Å². The summed E-state index contributed by atoms with van der Waals surface area (Å²) in [6.07, 6.45) is 10.1. The molecule has 0 amide bonds. The molecule has 0 saturated heterocycles. The maximum absolute atomic E-state index is 5.79. The highest BCUT2D eigenvalue weighted by Gasteiger charge is 2.05. The van der Waals surface area contributed by atoms with Crippen molar-refractivity contribution >= 4 is 6.08 Å². The van der Waals surface area contributed by atoms with Crippen LogP contribution in [0, 0.1) is 12.8 Å². The first kappa shape index (κ1) is 20.3. The van der Waals surface area contributed by atoms with E-state index in [4.69, 9.17) is 4.74 Å². The quantitative estimate of drug-likeness (QED) is 0.418. The largest absolute Gasteiger partial charge is 0.494 e. The zero-order chi connectivity index (χ0) is 18.8. The minimum absolute atomic E-state index is 0.696. The Morgan fingerprint density at radius 2 is 1.88 bits per heavy atom. The molecule has 0 aliphatic heterocycles. The van der Waals surface area contributed by atoms with Gasteiger partial charge in [0.15, 0.2) is 0 Å². The van der Waals surface area contributed by atoms with Crippen molar-refractivity contribution in [3.8, 4) is 5.75 Å². The Morgan fingerprint density at radius 1 is 1.04 bits per heavy atom. The summed E-state index contributed by atoms with van der Waals surface area (Å²) < 4.78 is 5.79. The Kier molecular flexibility index (Phi) is 8.47. The molecule has 0 atom stereocenters. The van der Waals surface area contributed by atoms with Crippen LogP contribution in [-0.2, 0) is 12.8 Å². The Bertz CT molecular complexity index is 697. The Morgan fingerprint density at radius 3 is 2.65 bits per heavy atom. The minimum atomic E-state index is 0.696. The third-order valence-corrected chi connectivity index (χ3v) is 4.51. The molecule has 0 aromatic heterocycles. The molecular weight excluding hydrogens is 316 g/mol. The number of allylic oxidation sites excluding steroid dienone is 1. The molecule has 26 heavy (non-hydrogen) atoms. The van der Waals surface area contributed by atoms with Crippen LogP contribution in [-0.4, -0.2) is 6.61 Å². The van der Waals surface area contributed by atoms with E-state index in [1.165, 1.54) is 22.3 Å². The van der Waals surface area contributed by atoms with Crippen molar-refractivity contribution in [3.05, 3.63) is 70.8 Å². The van der Waals surface area contributed by atoms with E-state index in [1.54, 1.807) is 0 Å². The smallest absolute Gasteiger partial charge is 0.119 e. The molecule has 2 aromatic rings. The van der Waals surface area contributed by atoms with Crippen LogP contribution >= 0.6 is 0 Å². The number of ether oxygens (including phenoxy) is 1. The molecule has 0 fully saturated rings. The van der Waals surface area contributed by atoms with E-state index in [-0.39, 0.29) is 0 Å². The molecule has 0 saturated carbocycles. The molecule has 0 unspecified atom stereocenters. The lowest BCUT2D eigenvalue weighted by molar-refractivity contribution is 0.309. The van der Waals surface area contributed by atoms with Crippen molar-refractivity contribution in [3.63, 3.8) is 0 Å². The standard InChI is InChI=1S/C25H34O/c1-5-6-16-26-25-13-9-11-22(19-25)10-7-8-12-23-15-14-21(4)18-24(23)17-20(2)3/h7,9-11,13-15,18-20H,5-6,8,12,16-17H2,1-4H3/b10-7+. The maximum atomic E-state index is 5.79. The third kappa shape index (κ3) is 7.07. The Labute approximate surface area is 160 Å². The molecular formula is C25H34O. The second-order valence-corrected chi connectivity index (χ2v) is 7.59. The monoisotopic (exact) mass is 350 g/mol. The average molecular weight is 351 g/mol. The van der Waals surface area contributed by atoms with Crippen molar-refractivity contribution in [2.45, 2.75) is 59.8 Å². The van der Waals surface area contributed by atoms with Gasteiger partial charge in [0, 0.05) is 0 Å². The topological polar surface area (TPSA) is 9.23 Å². The van der Waals surface area contributed by atoms with E-state index < -0.39 is 0 Å². The molecule has 0 aliphatic rings. The molecule has 0 radical (unpaired) electrons. The van der Waals surface area contributed by atoms with Crippen LogP contribution in [0.4, 0.5) is 0 Å². The zero-order valence-electron chi connectivity index (χ0n) is 16.9. The van der Waals surface area contributed by atoms with Gasteiger partial charge in [0.25, 0.3) is 0 Å². The number of hydrogen-bond acceptors (Lipinski definition) is 1. The van der Waals surface area contributed by atoms with Crippen molar-refractivity contribution in [2.24, 2.45) is 5.92 Å². The highest BCUT2D eigenvalue weighted by atomic mass is 16.5. The molecule has 0 heterocycles. The second-order valence-electron chi connectivity index (χ2n) is 7.59. The van der Waals surface area contributed by atoms with Crippen molar-refractivity contribution < 1.29 is 4.74 Å². The first-order valence-corrected chi connectivity index (χ1v) is 10.1. The van der Waals surface area contributed by atoms with Gasteiger partial charge < -0.3 is 4.74 Å². The summed E-state index contributed by atoms with van der Waals surface area (Å²) in [5.74, 6) is 1.67. The van der Waals surface area contributed by atoms with E-state index in [9.17, 15) is 0 Å². The van der Waals surface area contributed by atoms with E-state index in [1.807, 2.05) is 6.07 Å². The van der Waals surface area contributed by atoms with Crippen molar-refractivity contribution in [1.82, 2.24) is 0 Å². The highest BCUT2D eigenvalue weighted by molar-refractivity contribution is 5.51. The molecule has 2 aromatic carbocycles. The normalized spacial score (nSPS) is 11.4. The SMILES string of the molecule is CCCCOc1cccc(/C=C/CCc2ccc(C)cc2CC(C)C)c1. The lowest BCUT2D eigenvalue weighted by Gasteiger charge is -2.12. The molecule has 0 bridgehead atoms. The molecule has 2 rings (SSSR count). The lowest BCUT2D eigenvalue weighted by atomic mass is 9.94. The van der Waals surface area contributed by atoms with E-state index in [2.05, 4.69) is 76.2 Å². The van der Waals surface area contributed by atoms with Gasteiger partial charge in [0.05, 0.1) is 6.61 Å². The molecule has 0 aliphatic carbocycles. The number of aryl methyl sites for hydroxylation is 2. The van der Waals surface area contributed by atoms with Crippen LogP contribution in [0.3, 0.4) is 0 Å². The molecule has 0 N–H and O–H groups in total. The number of benzene rings is 2. The fourth-order valence-corrected chi connectivity index (χ4v) is 3.13. The van der Waals surface area contributed by atoms with Gasteiger partial charge in [-0.05, 0) is 67.3 Å². The third-order valence-electron chi connectivity index (χ3n) is 4.51. The van der Waals surface area contributed by atoms with Gasteiger partial charge in [-0.25, -0.2) is 0 Å². The van der Waals surface area contributed by atoms with Crippen LogP contribution in [0.15, 0.2) is 48.5 Å². The molecule has 0 spiro atoms. The summed E-state index contributed by atoms with van der Waals surface area (Å²) in [5.41, 5.74) is 5.58. The van der Waals surface area contributed by atoms with Gasteiger partial charge in [0.1, 0.15) is 5.75 Å². The van der Waals surface area contributed by atoms with Crippen LogP contribution < -0.4 is 4.74 Å². The Hall–Kier alpha value is -2.02. The Balaban J connectivity index is 1.92.